The largest absolute Gasteiger partial charge is 0.276 e. The molecular formula is C32H34N4O6S4. The molecule has 14 heteroatoms. The Bertz CT molecular complexity index is 1970. The van der Waals surface area contributed by atoms with E-state index in [4.69, 9.17) is 0 Å². The van der Waals surface area contributed by atoms with Crippen LogP contribution in [0, 0.1) is 13.8 Å². The fourth-order valence-electron chi connectivity index (χ4n) is 7.03. The van der Waals surface area contributed by atoms with Crippen LogP contribution in [0.1, 0.15) is 61.1 Å². The van der Waals surface area contributed by atoms with Gasteiger partial charge in [-0.2, -0.15) is 10.2 Å². The van der Waals surface area contributed by atoms with Crippen LogP contribution < -0.4 is 0 Å². The summed E-state index contributed by atoms with van der Waals surface area (Å²) in [6.45, 7) is 11.4. The van der Waals surface area contributed by atoms with E-state index in [1.165, 1.54) is 44.0 Å². The Morgan fingerprint density at radius 2 is 1.02 bits per heavy atom. The third kappa shape index (κ3) is 4.99. The number of rotatable bonds is 5. The zero-order valence-electron chi connectivity index (χ0n) is 26.7. The minimum atomic E-state index is -3.47. The molecule has 0 fully saturated rings. The number of nitrogens with zero attached hydrogens (tertiary/aromatic N) is 4. The predicted molar refractivity (Wildman–Crippen MR) is 184 cm³/mol. The van der Waals surface area contributed by atoms with E-state index in [0.717, 1.165) is 22.3 Å². The fourth-order valence-corrected chi connectivity index (χ4v) is 14.4. The van der Waals surface area contributed by atoms with Gasteiger partial charge < -0.3 is 0 Å². The van der Waals surface area contributed by atoms with Crippen molar-refractivity contribution in [3.8, 4) is 0 Å². The average Bonchev–Trinajstić information content (AvgIpc) is 3.57. The number of sulfone groups is 2. The SMILES string of the molecule is Cc1c(C(SSC(=C2C=NN(C)C2=O)c2ccc3c(c2C)C(C)(C)CS3(=O)=O)=C2C=NN(C)C2=O)ccc2c1C(C)(C)CS2(=O)=O. The summed E-state index contributed by atoms with van der Waals surface area (Å²) in [5, 5.41) is 10.9. The molecule has 2 aromatic carbocycles. The molecule has 0 spiro atoms. The standard InChI is InChI=1S/C32H34N4O6S4/c1-17-19(9-11-23-25(17)31(3,4)15-45(23,39)40)27(21-13-33-35(7)29(21)37)43-44-28(22-14-34-36(8)30(22)38)20-10-12-24-26(18(20)2)32(5,6)16-46(24,41)42/h9-14H,15-16H2,1-8H3. The summed E-state index contributed by atoms with van der Waals surface area (Å²) < 4.78 is 52.1. The number of hydrogen-bond acceptors (Lipinski definition) is 10. The number of fused-ring (bicyclic) bond motifs is 2. The summed E-state index contributed by atoms with van der Waals surface area (Å²) >= 11 is 0. The molecule has 0 saturated carbocycles. The van der Waals surface area contributed by atoms with Gasteiger partial charge in [-0.1, -0.05) is 61.4 Å². The number of carbonyl (C=O) groups excluding carboxylic acids is 2. The third-order valence-electron chi connectivity index (χ3n) is 8.93. The first kappa shape index (κ1) is 32.7. The van der Waals surface area contributed by atoms with Crippen molar-refractivity contribution >= 4 is 75.3 Å². The van der Waals surface area contributed by atoms with Gasteiger partial charge in [-0.15, -0.1) is 0 Å². The smallest absolute Gasteiger partial charge is 0.267 e. The first-order chi connectivity index (χ1) is 21.3. The fraction of sp³-hybridized carbons (Fsp3) is 0.375. The Labute approximate surface area is 277 Å². The van der Waals surface area contributed by atoms with E-state index in [0.29, 0.717) is 41.9 Å². The topological polar surface area (TPSA) is 134 Å². The number of amides is 2. The van der Waals surface area contributed by atoms with Crippen LogP contribution >= 0.6 is 21.6 Å². The lowest BCUT2D eigenvalue weighted by Gasteiger charge is -2.23. The van der Waals surface area contributed by atoms with Crippen LogP contribution in [0.15, 0.2) is 55.4 Å². The van der Waals surface area contributed by atoms with Gasteiger partial charge in [-0.05, 0) is 59.4 Å². The Hall–Kier alpha value is -3.20. The van der Waals surface area contributed by atoms with Crippen molar-refractivity contribution < 1.29 is 26.4 Å². The van der Waals surface area contributed by atoms with Crippen molar-refractivity contribution in [1.29, 1.82) is 0 Å². The van der Waals surface area contributed by atoms with Gasteiger partial charge in [-0.25, -0.2) is 26.9 Å². The first-order valence-electron chi connectivity index (χ1n) is 14.5. The number of hydrazone groups is 2. The second kappa shape index (κ2) is 10.7. The summed E-state index contributed by atoms with van der Waals surface area (Å²) in [6, 6.07) is 6.70. The van der Waals surface area contributed by atoms with Gasteiger partial charge in [-0.3, -0.25) is 9.59 Å². The minimum absolute atomic E-state index is 0.00850. The van der Waals surface area contributed by atoms with Crippen molar-refractivity contribution in [2.75, 3.05) is 25.6 Å². The Kier molecular flexibility index (Phi) is 7.58. The van der Waals surface area contributed by atoms with Crippen LogP contribution in [0.5, 0.6) is 0 Å². The molecule has 6 rings (SSSR count). The van der Waals surface area contributed by atoms with Crippen molar-refractivity contribution in [2.45, 2.75) is 62.2 Å². The van der Waals surface area contributed by atoms with Crippen LogP contribution in [0.2, 0.25) is 0 Å². The summed E-state index contributed by atoms with van der Waals surface area (Å²) in [5.74, 6) is -0.650. The maximum absolute atomic E-state index is 13.3. The van der Waals surface area contributed by atoms with Gasteiger partial charge in [0.05, 0.1) is 44.9 Å². The van der Waals surface area contributed by atoms with E-state index < -0.39 is 30.5 Å². The maximum atomic E-state index is 13.3. The van der Waals surface area contributed by atoms with Crippen LogP contribution in [0.4, 0.5) is 0 Å². The van der Waals surface area contributed by atoms with Crippen molar-refractivity contribution in [3.63, 3.8) is 0 Å². The summed E-state index contributed by atoms with van der Waals surface area (Å²) in [7, 11) is -1.26. The molecule has 0 atom stereocenters. The monoisotopic (exact) mass is 698 g/mol. The van der Waals surface area contributed by atoms with E-state index in [2.05, 4.69) is 10.2 Å². The van der Waals surface area contributed by atoms with Gasteiger partial charge in [0.1, 0.15) is 0 Å². The molecule has 0 bridgehead atoms. The number of hydrogen-bond donors (Lipinski definition) is 0. The summed E-state index contributed by atoms with van der Waals surface area (Å²) in [6.07, 6.45) is 2.99. The van der Waals surface area contributed by atoms with E-state index in [1.54, 1.807) is 38.4 Å². The Morgan fingerprint density at radius 3 is 1.33 bits per heavy atom. The molecule has 2 amide bonds. The number of likely N-dealkylation sites (N-methyl/N-ethyl adjacent to an activating group) is 2. The zero-order chi connectivity index (χ0) is 33.7. The average molecular weight is 699 g/mol. The van der Waals surface area contributed by atoms with Crippen molar-refractivity contribution in [3.05, 3.63) is 68.8 Å². The quantitative estimate of drug-likeness (QED) is 0.320. The predicted octanol–water partition coefficient (Wildman–Crippen LogP) is 4.85. The molecule has 0 radical (unpaired) electrons. The maximum Gasteiger partial charge on any atom is 0.276 e. The lowest BCUT2D eigenvalue weighted by atomic mass is 9.82. The van der Waals surface area contributed by atoms with Crippen LogP contribution in [0.3, 0.4) is 0 Å². The summed E-state index contributed by atoms with van der Waals surface area (Å²) in [4.78, 5) is 28.4. The van der Waals surface area contributed by atoms with Crippen molar-refractivity contribution in [1.82, 2.24) is 10.0 Å². The zero-order valence-corrected chi connectivity index (χ0v) is 30.0. The molecular weight excluding hydrogens is 665 g/mol. The van der Waals surface area contributed by atoms with Crippen LogP contribution in [-0.2, 0) is 40.1 Å². The molecule has 2 aromatic rings. The summed E-state index contributed by atoms with van der Waals surface area (Å²) in [5.41, 5.74) is 3.75. The highest BCUT2D eigenvalue weighted by atomic mass is 33.1. The highest BCUT2D eigenvalue weighted by Gasteiger charge is 2.44. The second-order valence-corrected chi connectivity index (χ2v) is 19.4. The normalized spacial score (nSPS) is 23.7. The molecule has 4 heterocycles. The van der Waals surface area contributed by atoms with Gasteiger partial charge in [0.2, 0.25) is 0 Å². The highest BCUT2D eigenvalue weighted by molar-refractivity contribution is 8.83. The Morgan fingerprint density at radius 1 is 0.674 bits per heavy atom. The van der Waals surface area contributed by atoms with Crippen molar-refractivity contribution in [2.24, 2.45) is 10.2 Å². The molecule has 10 nitrogen and oxygen atoms in total. The molecule has 242 valence electrons. The molecule has 0 N–H and O–H groups in total. The molecule has 0 aliphatic carbocycles. The molecule has 0 saturated heterocycles. The van der Waals surface area contributed by atoms with E-state index in [9.17, 15) is 26.4 Å². The van der Waals surface area contributed by atoms with E-state index in [-0.39, 0.29) is 23.3 Å². The van der Waals surface area contributed by atoms with Gasteiger partial charge in [0, 0.05) is 34.7 Å². The first-order valence-corrected chi connectivity index (χ1v) is 20.0. The lowest BCUT2D eigenvalue weighted by Crippen LogP contribution is -2.20. The van der Waals surface area contributed by atoms with Gasteiger partial charge >= 0.3 is 0 Å². The molecule has 4 aliphatic heterocycles. The van der Waals surface area contributed by atoms with E-state index in [1.807, 2.05) is 41.5 Å². The lowest BCUT2D eigenvalue weighted by molar-refractivity contribution is -0.125. The van der Waals surface area contributed by atoms with E-state index >= 15 is 0 Å². The number of carbonyl (C=O) groups is 2. The third-order valence-corrected chi connectivity index (χ3v) is 15.7. The van der Waals surface area contributed by atoms with Gasteiger partial charge in [0.15, 0.2) is 19.7 Å². The molecule has 46 heavy (non-hydrogen) atoms. The number of benzene rings is 2. The second-order valence-electron chi connectivity index (χ2n) is 13.3. The molecule has 4 aliphatic rings. The molecule has 0 aromatic heterocycles. The molecule has 0 unspecified atom stereocenters. The van der Waals surface area contributed by atoms with Crippen LogP contribution in [-0.4, -0.2) is 76.7 Å². The van der Waals surface area contributed by atoms with Gasteiger partial charge in [0.25, 0.3) is 11.8 Å². The van der Waals surface area contributed by atoms with Crippen LogP contribution in [0.25, 0.3) is 9.81 Å². The Balaban J connectivity index is 1.53. The minimum Gasteiger partial charge on any atom is -0.267 e. The highest BCUT2D eigenvalue weighted by Crippen LogP contribution is 2.53.